The minimum Gasteiger partial charge on any atom is -0.395 e. The Balaban J connectivity index is 1.88. The van der Waals surface area contributed by atoms with E-state index in [0.717, 1.165) is 23.9 Å². The van der Waals surface area contributed by atoms with Gasteiger partial charge in [0.1, 0.15) is 5.84 Å². The minimum absolute atomic E-state index is 0.173. The first-order chi connectivity index (χ1) is 11.9. The van der Waals surface area contributed by atoms with Crippen LogP contribution in [0.2, 0.25) is 0 Å². The Morgan fingerprint density at radius 1 is 1.32 bits per heavy atom. The van der Waals surface area contributed by atoms with Crippen molar-refractivity contribution in [2.45, 2.75) is 38.0 Å². The zero-order chi connectivity index (χ0) is 17.7. The molecule has 0 bridgehead atoms. The summed E-state index contributed by atoms with van der Waals surface area (Å²) in [7, 11) is 0. The van der Waals surface area contributed by atoms with Crippen LogP contribution in [-0.4, -0.2) is 32.6 Å². The molecule has 0 radical (unpaired) electrons. The molecule has 2 aliphatic rings. The maximum Gasteiger partial charge on any atom is 0.164 e. The molecule has 8 heteroatoms. The molecule has 0 aromatic carbocycles. The summed E-state index contributed by atoms with van der Waals surface area (Å²) in [6.45, 7) is 4.88. The highest BCUT2D eigenvalue weighted by Gasteiger charge is 2.47. The molecule has 0 saturated carbocycles. The maximum atomic E-state index is 6.12. The largest absolute Gasteiger partial charge is 0.395 e. The van der Waals surface area contributed by atoms with E-state index in [-0.39, 0.29) is 11.5 Å². The summed E-state index contributed by atoms with van der Waals surface area (Å²) in [6.07, 6.45) is 10.6. The van der Waals surface area contributed by atoms with Gasteiger partial charge in [0.05, 0.1) is 29.2 Å². The van der Waals surface area contributed by atoms with E-state index >= 15 is 0 Å². The van der Waals surface area contributed by atoms with Crippen LogP contribution >= 0.6 is 0 Å². The fraction of sp³-hybridized carbons (Fsp3) is 0.471. The number of fused-ring (bicyclic) bond motifs is 1. The van der Waals surface area contributed by atoms with Crippen molar-refractivity contribution >= 4 is 11.4 Å². The maximum absolute atomic E-state index is 6.12. The highest BCUT2D eigenvalue weighted by Crippen LogP contribution is 2.44. The molecule has 25 heavy (non-hydrogen) atoms. The number of ether oxygens (including phenoxy) is 1. The van der Waals surface area contributed by atoms with Crippen LogP contribution in [0.1, 0.15) is 32.3 Å². The quantitative estimate of drug-likeness (QED) is 0.746. The topological polar surface area (TPSA) is 116 Å². The number of nitrogens with two attached hydrogens (primary N) is 2. The second-order valence-corrected chi connectivity index (χ2v) is 7.27. The van der Waals surface area contributed by atoms with Crippen molar-refractivity contribution in [1.82, 2.24) is 19.9 Å². The normalized spacial score (nSPS) is 29.0. The van der Waals surface area contributed by atoms with E-state index in [1.165, 1.54) is 0 Å². The van der Waals surface area contributed by atoms with Crippen LogP contribution in [0.25, 0.3) is 5.52 Å². The number of hydrogen-bond acceptors (Lipinski definition) is 7. The molecule has 2 aliphatic heterocycles. The number of aromatic nitrogens is 3. The fourth-order valence-corrected chi connectivity index (χ4v) is 3.83. The average molecular weight is 341 g/mol. The summed E-state index contributed by atoms with van der Waals surface area (Å²) < 4.78 is 7.70. The van der Waals surface area contributed by atoms with Gasteiger partial charge in [-0.1, -0.05) is 0 Å². The molecule has 8 nitrogen and oxygen atoms in total. The van der Waals surface area contributed by atoms with Crippen LogP contribution in [0.5, 0.6) is 0 Å². The van der Waals surface area contributed by atoms with Crippen molar-refractivity contribution < 1.29 is 4.74 Å². The Morgan fingerprint density at radius 3 is 2.92 bits per heavy atom. The van der Waals surface area contributed by atoms with Crippen molar-refractivity contribution in [3.63, 3.8) is 0 Å². The molecule has 0 aliphatic carbocycles. The van der Waals surface area contributed by atoms with Crippen LogP contribution in [0.15, 0.2) is 41.7 Å². The number of amidine groups is 1. The van der Waals surface area contributed by atoms with E-state index in [2.05, 4.69) is 29.2 Å². The molecule has 4 rings (SSSR count). The monoisotopic (exact) mass is 341 g/mol. The Bertz CT molecular complexity index is 869. The van der Waals surface area contributed by atoms with Crippen molar-refractivity contribution in [2.75, 3.05) is 6.61 Å². The molecule has 4 heterocycles. The van der Waals surface area contributed by atoms with Gasteiger partial charge in [0.25, 0.3) is 0 Å². The Kier molecular flexibility index (Phi) is 3.47. The smallest absolute Gasteiger partial charge is 0.164 e. The molecule has 5 N–H and O–H groups in total. The molecule has 1 fully saturated rings. The van der Waals surface area contributed by atoms with Gasteiger partial charge < -0.3 is 21.5 Å². The van der Waals surface area contributed by atoms with Crippen molar-refractivity contribution in [1.29, 1.82) is 0 Å². The van der Waals surface area contributed by atoms with E-state index in [1.807, 2.05) is 12.4 Å². The lowest BCUT2D eigenvalue weighted by molar-refractivity contribution is -0.0889. The van der Waals surface area contributed by atoms with Gasteiger partial charge in [0, 0.05) is 36.7 Å². The number of hydrogen-bond donors (Lipinski definition) is 3. The van der Waals surface area contributed by atoms with Crippen molar-refractivity contribution in [3.8, 4) is 0 Å². The average Bonchev–Trinajstić information content (AvgIpc) is 3.01. The molecule has 1 saturated heterocycles. The van der Waals surface area contributed by atoms with Crippen LogP contribution in [-0.2, 0) is 10.4 Å². The summed E-state index contributed by atoms with van der Waals surface area (Å²) in [4.78, 5) is 9.08. The fourth-order valence-electron chi connectivity index (χ4n) is 3.83. The second-order valence-electron chi connectivity index (χ2n) is 7.27. The lowest BCUT2D eigenvalue weighted by Crippen LogP contribution is -2.53. The third-order valence-electron chi connectivity index (χ3n) is 5.06. The molecule has 0 spiro atoms. The van der Waals surface area contributed by atoms with Gasteiger partial charge in [0.15, 0.2) is 5.66 Å². The summed E-state index contributed by atoms with van der Waals surface area (Å²) in [6, 6.07) is 0. The van der Waals surface area contributed by atoms with E-state index in [1.54, 1.807) is 23.1 Å². The SMILES string of the molecule is CC1(C)CC(C2(c3cnn4ccncc34)N=C(N)C(N)=CN2)CCO1. The summed E-state index contributed by atoms with van der Waals surface area (Å²) in [5, 5.41) is 7.88. The zero-order valence-electron chi connectivity index (χ0n) is 14.4. The molecule has 2 unspecified atom stereocenters. The van der Waals surface area contributed by atoms with Crippen molar-refractivity contribution in [2.24, 2.45) is 22.4 Å². The first kappa shape index (κ1) is 15.9. The molecule has 2 atom stereocenters. The van der Waals surface area contributed by atoms with Crippen LogP contribution in [0.3, 0.4) is 0 Å². The third kappa shape index (κ3) is 2.53. The van der Waals surface area contributed by atoms with Crippen molar-refractivity contribution in [3.05, 3.63) is 42.2 Å². The standard InChI is InChI=1S/C17H23N7O/c1-16(2)7-11(3-6-25-16)17(21-9-13(18)15(19)23-17)12-8-22-24-5-4-20-10-14(12)24/h4-5,8-11,21H,3,6-7,18H2,1-2H3,(H2,19,23). The van der Waals surface area contributed by atoms with Gasteiger partial charge in [-0.3, -0.25) is 4.98 Å². The molecule has 2 aromatic heterocycles. The van der Waals surface area contributed by atoms with Crippen LogP contribution in [0.4, 0.5) is 0 Å². The second kappa shape index (κ2) is 5.45. The van der Waals surface area contributed by atoms with Crippen LogP contribution < -0.4 is 16.8 Å². The van der Waals surface area contributed by atoms with E-state index in [4.69, 9.17) is 21.2 Å². The molecule has 132 valence electrons. The minimum atomic E-state index is -0.737. The highest BCUT2D eigenvalue weighted by molar-refractivity contribution is 5.97. The van der Waals surface area contributed by atoms with Gasteiger partial charge in [0.2, 0.25) is 0 Å². The number of rotatable bonds is 2. The lowest BCUT2D eigenvalue weighted by Gasteiger charge is -2.45. The summed E-state index contributed by atoms with van der Waals surface area (Å²) >= 11 is 0. The van der Waals surface area contributed by atoms with E-state index in [0.29, 0.717) is 18.1 Å². The van der Waals surface area contributed by atoms with Gasteiger partial charge in [-0.15, -0.1) is 0 Å². The highest BCUT2D eigenvalue weighted by atomic mass is 16.5. The number of aliphatic imine (C=N–C) groups is 1. The summed E-state index contributed by atoms with van der Waals surface area (Å²) in [5.74, 6) is 0.513. The first-order valence-corrected chi connectivity index (χ1v) is 8.42. The lowest BCUT2D eigenvalue weighted by atomic mass is 9.76. The van der Waals surface area contributed by atoms with Gasteiger partial charge in [-0.25, -0.2) is 9.51 Å². The Labute approximate surface area is 146 Å². The molecule has 0 amide bonds. The Morgan fingerprint density at radius 2 is 2.16 bits per heavy atom. The first-order valence-electron chi connectivity index (χ1n) is 8.42. The molecular weight excluding hydrogens is 318 g/mol. The summed E-state index contributed by atoms with van der Waals surface area (Å²) in [5.41, 5.74) is 13.4. The molecular formula is C17H23N7O. The van der Waals surface area contributed by atoms with Gasteiger partial charge in [-0.2, -0.15) is 5.10 Å². The van der Waals surface area contributed by atoms with Gasteiger partial charge in [-0.05, 0) is 26.7 Å². The number of nitrogens with zero attached hydrogens (tertiary/aromatic N) is 4. The predicted molar refractivity (Wildman–Crippen MR) is 94.4 cm³/mol. The predicted octanol–water partition coefficient (Wildman–Crippen LogP) is 0.848. The van der Waals surface area contributed by atoms with Gasteiger partial charge >= 0.3 is 0 Å². The van der Waals surface area contributed by atoms with E-state index < -0.39 is 5.66 Å². The van der Waals surface area contributed by atoms with E-state index in [9.17, 15) is 0 Å². The molecule has 2 aromatic rings. The van der Waals surface area contributed by atoms with Crippen LogP contribution in [0, 0.1) is 5.92 Å². The third-order valence-corrected chi connectivity index (χ3v) is 5.06. The number of nitrogens with one attached hydrogen (secondary N) is 1. The Hall–Kier alpha value is -2.61. The zero-order valence-corrected chi connectivity index (χ0v) is 14.4.